The van der Waals surface area contributed by atoms with E-state index in [0.717, 1.165) is 19.5 Å². The Morgan fingerprint density at radius 3 is 3.06 bits per heavy atom. The fourth-order valence-corrected chi connectivity index (χ4v) is 2.82. The van der Waals surface area contributed by atoms with Crippen LogP contribution in [0.15, 0.2) is 30.2 Å². The van der Waals surface area contributed by atoms with Gasteiger partial charge in [0.1, 0.15) is 0 Å². The van der Waals surface area contributed by atoms with Crippen molar-refractivity contribution < 1.29 is 4.79 Å². The van der Waals surface area contributed by atoms with E-state index in [4.69, 9.17) is 0 Å². The number of thiophene rings is 1. The van der Waals surface area contributed by atoms with Crippen molar-refractivity contribution >= 4 is 29.7 Å². The van der Waals surface area contributed by atoms with Crippen molar-refractivity contribution in [3.8, 4) is 0 Å². The second kappa shape index (κ2) is 7.56. The zero-order chi connectivity index (χ0) is 12.1. The van der Waals surface area contributed by atoms with Crippen LogP contribution in [-0.4, -0.2) is 30.4 Å². The molecule has 0 radical (unpaired) electrons. The van der Waals surface area contributed by atoms with Crippen LogP contribution in [0.25, 0.3) is 0 Å². The number of carbonyl (C=O) groups is 1. The number of carbonyl (C=O) groups excluding carboxylic acids is 1. The van der Waals surface area contributed by atoms with E-state index in [1.54, 1.807) is 17.4 Å². The zero-order valence-corrected chi connectivity index (χ0v) is 11.9. The summed E-state index contributed by atoms with van der Waals surface area (Å²) in [6.07, 6.45) is 2.75. The Kier molecular flexibility index (Phi) is 6.39. The van der Waals surface area contributed by atoms with Crippen LogP contribution in [-0.2, 0) is 11.3 Å². The second-order valence-electron chi connectivity index (χ2n) is 4.28. The Bertz CT molecular complexity index is 374. The predicted octanol–water partition coefficient (Wildman–Crippen LogP) is 2.29. The predicted molar refractivity (Wildman–Crippen MR) is 78.2 cm³/mol. The van der Waals surface area contributed by atoms with Gasteiger partial charge in [0.05, 0.1) is 12.5 Å². The third-order valence-electron chi connectivity index (χ3n) is 3.00. The monoisotopic (exact) mass is 286 g/mol. The molecule has 1 saturated heterocycles. The number of nitrogens with one attached hydrogen (secondary N) is 1. The van der Waals surface area contributed by atoms with E-state index in [1.807, 2.05) is 16.3 Å². The fourth-order valence-electron chi connectivity index (χ4n) is 2.10. The zero-order valence-electron chi connectivity index (χ0n) is 10.3. The van der Waals surface area contributed by atoms with Crippen molar-refractivity contribution in [1.82, 2.24) is 10.2 Å². The van der Waals surface area contributed by atoms with Crippen LogP contribution in [0, 0.1) is 5.92 Å². The van der Waals surface area contributed by atoms with Gasteiger partial charge in [0.15, 0.2) is 0 Å². The third kappa shape index (κ3) is 3.83. The summed E-state index contributed by atoms with van der Waals surface area (Å²) in [5, 5.41) is 5.28. The highest BCUT2D eigenvalue weighted by Gasteiger charge is 2.26. The number of halogens is 1. The van der Waals surface area contributed by atoms with Crippen LogP contribution in [0.2, 0.25) is 0 Å². The molecule has 1 atom stereocenters. The van der Waals surface area contributed by atoms with Crippen molar-refractivity contribution in [3.63, 3.8) is 0 Å². The second-order valence-corrected chi connectivity index (χ2v) is 5.31. The third-order valence-corrected chi connectivity index (χ3v) is 3.86. The maximum Gasteiger partial charge on any atom is 0.227 e. The summed E-state index contributed by atoms with van der Waals surface area (Å²) in [7, 11) is 0. The molecule has 3 nitrogen and oxygen atoms in total. The molecule has 100 valence electrons. The quantitative estimate of drug-likeness (QED) is 0.843. The lowest BCUT2D eigenvalue weighted by molar-refractivity contribution is -0.134. The molecule has 2 heterocycles. The molecule has 0 aromatic carbocycles. The van der Waals surface area contributed by atoms with Crippen LogP contribution in [0.3, 0.4) is 0 Å². The van der Waals surface area contributed by atoms with Crippen molar-refractivity contribution in [2.75, 3.05) is 19.6 Å². The van der Waals surface area contributed by atoms with Crippen LogP contribution in [0.5, 0.6) is 0 Å². The summed E-state index contributed by atoms with van der Waals surface area (Å²) < 4.78 is 0. The molecule has 0 saturated carbocycles. The first-order valence-electron chi connectivity index (χ1n) is 5.94. The molecule has 1 N–H and O–H groups in total. The molecule has 0 aliphatic carbocycles. The normalized spacial score (nSPS) is 18.1. The van der Waals surface area contributed by atoms with Gasteiger partial charge in [0.25, 0.3) is 0 Å². The molecule has 0 bridgehead atoms. The van der Waals surface area contributed by atoms with Crippen molar-refractivity contribution in [2.24, 2.45) is 5.92 Å². The SMILES string of the molecule is C=CCN(Cc1cccs1)C(=O)C1CCNC1.Cl. The Balaban J connectivity index is 0.00000162. The van der Waals surface area contributed by atoms with Crippen molar-refractivity contribution in [1.29, 1.82) is 0 Å². The highest BCUT2D eigenvalue weighted by Crippen LogP contribution is 2.16. The minimum absolute atomic E-state index is 0. The van der Waals surface area contributed by atoms with Gasteiger partial charge in [-0.05, 0) is 24.4 Å². The van der Waals surface area contributed by atoms with E-state index in [1.165, 1.54) is 4.88 Å². The van der Waals surface area contributed by atoms with Crippen LogP contribution in [0.1, 0.15) is 11.3 Å². The van der Waals surface area contributed by atoms with Gasteiger partial charge >= 0.3 is 0 Å². The number of nitrogens with zero attached hydrogens (tertiary/aromatic N) is 1. The van der Waals surface area contributed by atoms with Gasteiger partial charge in [-0.1, -0.05) is 12.1 Å². The number of hydrogen-bond acceptors (Lipinski definition) is 3. The standard InChI is InChI=1S/C13H18N2OS.ClH/c1-2-7-15(10-12-4-3-8-17-12)13(16)11-5-6-14-9-11;/h2-4,8,11,14H,1,5-7,9-10H2;1H. The van der Waals surface area contributed by atoms with E-state index >= 15 is 0 Å². The van der Waals surface area contributed by atoms with Crippen LogP contribution >= 0.6 is 23.7 Å². The van der Waals surface area contributed by atoms with Gasteiger partial charge in [-0.25, -0.2) is 0 Å². The molecule has 5 heteroatoms. The van der Waals surface area contributed by atoms with Gasteiger partial charge in [0, 0.05) is 18.0 Å². The van der Waals surface area contributed by atoms with Crippen molar-refractivity contribution in [2.45, 2.75) is 13.0 Å². The maximum atomic E-state index is 12.3. The van der Waals surface area contributed by atoms with E-state index in [-0.39, 0.29) is 24.2 Å². The molecular weight excluding hydrogens is 268 g/mol. The average Bonchev–Trinajstić information content (AvgIpc) is 3.00. The minimum atomic E-state index is 0. The summed E-state index contributed by atoms with van der Waals surface area (Å²) in [6, 6.07) is 4.09. The molecule has 1 aromatic rings. The van der Waals surface area contributed by atoms with Gasteiger partial charge in [0.2, 0.25) is 5.91 Å². The lowest BCUT2D eigenvalue weighted by Crippen LogP contribution is -2.36. The highest BCUT2D eigenvalue weighted by atomic mass is 35.5. The van der Waals surface area contributed by atoms with Gasteiger partial charge < -0.3 is 10.2 Å². The van der Waals surface area contributed by atoms with Crippen LogP contribution < -0.4 is 5.32 Å². The van der Waals surface area contributed by atoms with E-state index in [9.17, 15) is 4.79 Å². The highest BCUT2D eigenvalue weighted by molar-refractivity contribution is 7.09. The summed E-state index contributed by atoms with van der Waals surface area (Å²) in [4.78, 5) is 15.4. The van der Waals surface area contributed by atoms with Crippen LogP contribution in [0.4, 0.5) is 0 Å². The molecule has 18 heavy (non-hydrogen) atoms. The van der Waals surface area contributed by atoms with Gasteiger partial charge in [-0.3, -0.25) is 4.79 Å². The minimum Gasteiger partial charge on any atom is -0.334 e. The van der Waals surface area contributed by atoms with Gasteiger partial charge in [-0.15, -0.1) is 30.3 Å². The summed E-state index contributed by atoms with van der Waals surface area (Å²) in [5.41, 5.74) is 0. The molecule has 1 aliphatic heterocycles. The molecule has 1 amide bonds. The lowest BCUT2D eigenvalue weighted by Gasteiger charge is -2.23. The number of hydrogen-bond donors (Lipinski definition) is 1. The summed E-state index contributed by atoms with van der Waals surface area (Å²) in [6.45, 7) is 6.84. The number of amides is 1. The largest absolute Gasteiger partial charge is 0.334 e. The summed E-state index contributed by atoms with van der Waals surface area (Å²) in [5.74, 6) is 0.401. The maximum absolute atomic E-state index is 12.3. The smallest absolute Gasteiger partial charge is 0.227 e. The number of rotatable bonds is 5. The van der Waals surface area contributed by atoms with E-state index in [2.05, 4.69) is 18.0 Å². The first-order chi connectivity index (χ1) is 8.31. The molecule has 1 fully saturated rings. The molecule has 1 aliphatic rings. The Labute approximate surface area is 118 Å². The lowest BCUT2D eigenvalue weighted by atomic mass is 10.1. The molecule has 0 spiro atoms. The van der Waals surface area contributed by atoms with Crippen molar-refractivity contribution in [3.05, 3.63) is 35.0 Å². The van der Waals surface area contributed by atoms with Gasteiger partial charge in [-0.2, -0.15) is 0 Å². The Hall–Kier alpha value is -0.840. The topological polar surface area (TPSA) is 32.3 Å². The molecule has 1 unspecified atom stereocenters. The Morgan fingerprint density at radius 2 is 2.50 bits per heavy atom. The molecule has 2 rings (SSSR count). The average molecular weight is 287 g/mol. The fraction of sp³-hybridized carbons (Fsp3) is 0.462. The molecular formula is C13H19ClN2OS. The Morgan fingerprint density at radius 1 is 1.67 bits per heavy atom. The van der Waals surface area contributed by atoms with E-state index < -0.39 is 0 Å². The van der Waals surface area contributed by atoms with E-state index in [0.29, 0.717) is 13.1 Å². The first-order valence-corrected chi connectivity index (χ1v) is 6.82. The molecule has 1 aromatic heterocycles. The first kappa shape index (κ1) is 15.2. The summed E-state index contributed by atoms with van der Waals surface area (Å²) >= 11 is 1.69.